The number of hydrogen-bond donors (Lipinski definition) is 2. The minimum Gasteiger partial charge on any atom is -0.402 e. The Bertz CT molecular complexity index is 1150. The number of amides is 2. The number of carbonyl (C=O) groups is 2. The molecule has 39 heavy (non-hydrogen) atoms. The highest BCUT2D eigenvalue weighted by molar-refractivity contribution is 6.48. The maximum absolute atomic E-state index is 13.8. The van der Waals surface area contributed by atoms with E-state index in [0.29, 0.717) is 25.2 Å². The summed E-state index contributed by atoms with van der Waals surface area (Å²) in [4.78, 5) is 27.4. The molecule has 3 atom stereocenters. The molecule has 1 saturated heterocycles. The lowest BCUT2D eigenvalue weighted by atomic mass is 9.73. The molecule has 2 aliphatic rings. The third-order valence-corrected chi connectivity index (χ3v) is 8.53. The van der Waals surface area contributed by atoms with Gasteiger partial charge >= 0.3 is 7.12 Å². The molecule has 1 aliphatic carbocycles. The van der Waals surface area contributed by atoms with Gasteiger partial charge in [-0.1, -0.05) is 67.9 Å². The number of fused-ring (bicyclic) bond motifs is 1. The zero-order valence-electron chi connectivity index (χ0n) is 24.7. The quantitative estimate of drug-likeness (QED) is 0.447. The molecule has 1 unspecified atom stereocenters. The lowest BCUT2D eigenvalue weighted by molar-refractivity contribution is -0.131. The van der Waals surface area contributed by atoms with Crippen LogP contribution >= 0.6 is 0 Å². The van der Waals surface area contributed by atoms with Crippen molar-refractivity contribution in [1.82, 2.24) is 10.6 Å². The summed E-state index contributed by atoms with van der Waals surface area (Å²) in [5.74, 6) is -0.436. The Morgan fingerprint density at radius 3 is 2.28 bits per heavy atom. The second-order valence-corrected chi connectivity index (χ2v) is 12.8. The fourth-order valence-corrected chi connectivity index (χ4v) is 5.54. The van der Waals surface area contributed by atoms with Crippen molar-refractivity contribution < 1.29 is 18.9 Å². The first-order valence-corrected chi connectivity index (χ1v) is 14.4. The Labute approximate surface area is 234 Å². The molecule has 2 aromatic carbocycles. The van der Waals surface area contributed by atoms with E-state index in [9.17, 15) is 9.59 Å². The van der Waals surface area contributed by atoms with Crippen LogP contribution in [0, 0.1) is 18.8 Å². The standard InChI is InChI=1S/C32H45BN2O4/c1-21(2)17-28(33-38-31(4,5)32(6,7)39-33)35-30(37)27(19-23-11-9-8-10-12-23)34-29(36)26-16-15-24-18-22(3)13-14-25(24)20-26/h8-14,18,21,26-28H,15-17,19-20H2,1-7H3,(H,34,36)(H,35,37)/t26?,27-,28-/m0/s1. The highest BCUT2D eigenvalue weighted by atomic mass is 16.7. The van der Waals surface area contributed by atoms with E-state index in [1.807, 2.05) is 58.0 Å². The first-order valence-electron chi connectivity index (χ1n) is 14.4. The van der Waals surface area contributed by atoms with Gasteiger partial charge in [0.2, 0.25) is 11.8 Å². The molecule has 2 amide bonds. The number of rotatable bonds is 9. The SMILES string of the molecule is Cc1ccc2c(c1)CCC(C(=O)N[C@@H](Cc1ccccc1)C(=O)N[C@@H](CC(C)C)B1OC(C)(C)C(C)(C)O1)C2. The first kappa shape index (κ1) is 29.4. The lowest BCUT2D eigenvalue weighted by Crippen LogP contribution is -2.56. The third kappa shape index (κ3) is 7.12. The van der Waals surface area contributed by atoms with Crippen LogP contribution in [-0.2, 0) is 38.2 Å². The van der Waals surface area contributed by atoms with Gasteiger partial charge in [0, 0.05) is 12.3 Å². The van der Waals surface area contributed by atoms with E-state index >= 15 is 0 Å². The monoisotopic (exact) mass is 532 g/mol. The molecule has 210 valence electrons. The fraction of sp³-hybridized carbons (Fsp3) is 0.562. The van der Waals surface area contributed by atoms with E-state index in [0.717, 1.165) is 18.4 Å². The molecule has 7 heteroatoms. The normalized spacial score (nSPS) is 21.2. The van der Waals surface area contributed by atoms with Crippen LogP contribution in [0.15, 0.2) is 48.5 Å². The smallest absolute Gasteiger partial charge is 0.402 e. The predicted octanol–water partition coefficient (Wildman–Crippen LogP) is 4.99. The number of carbonyl (C=O) groups excluding carboxylic acids is 2. The molecule has 1 aliphatic heterocycles. The van der Waals surface area contributed by atoms with Gasteiger partial charge in [0.1, 0.15) is 6.04 Å². The predicted molar refractivity (Wildman–Crippen MR) is 156 cm³/mol. The molecular formula is C32H45BN2O4. The highest BCUT2D eigenvalue weighted by Crippen LogP contribution is 2.38. The minimum absolute atomic E-state index is 0.0617. The average molecular weight is 533 g/mol. The molecule has 0 saturated carbocycles. The molecule has 6 nitrogen and oxygen atoms in total. The Hall–Kier alpha value is -2.64. The van der Waals surface area contributed by atoms with Crippen molar-refractivity contribution in [3.8, 4) is 0 Å². The van der Waals surface area contributed by atoms with Gasteiger partial charge in [-0.2, -0.15) is 0 Å². The van der Waals surface area contributed by atoms with Crippen LogP contribution in [-0.4, -0.2) is 42.1 Å². The van der Waals surface area contributed by atoms with Crippen molar-refractivity contribution in [3.05, 3.63) is 70.8 Å². The van der Waals surface area contributed by atoms with Crippen molar-refractivity contribution in [2.45, 2.75) is 104 Å². The zero-order valence-corrected chi connectivity index (χ0v) is 24.7. The van der Waals surface area contributed by atoms with E-state index in [-0.39, 0.29) is 23.7 Å². The van der Waals surface area contributed by atoms with Gasteiger partial charge in [-0.15, -0.1) is 0 Å². The second-order valence-electron chi connectivity index (χ2n) is 12.8. The molecule has 2 N–H and O–H groups in total. The minimum atomic E-state index is -0.698. The number of benzene rings is 2. The summed E-state index contributed by atoms with van der Waals surface area (Å²) in [5.41, 5.74) is 3.81. The summed E-state index contributed by atoms with van der Waals surface area (Å²) in [6.45, 7) is 14.4. The Morgan fingerprint density at radius 2 is 1.64 bits per heavy atom. The topological polar surface area (TPSA) is 76.7 Å². The van der Waals surface area contributed by atoms with Gasteiger partial charge in [-0.25, -0.2) is 0 Å². The van der Waals surface area contributed by atoms with Gasteiger partial charge in [-0.05, 0) is 82.9 Å². The van der Waals surface area contributed by atoms with Gasteiger partial charge in [0.15, 0.2) is 0 Å². The second kappa shape index (κ2) is 11.9. The third-order valence-electron chi connectivity index (χ3n) is 8.53. The maximum Gasteiger partial charge on any atom is 0.481 e. The summed E-state index contributed by atoms with van der Waals surface area (Å²) in [6, 6.07) is 15.6. The van der Waals surface area contributed by atoms with Gasteiger partial charge in [0.25, 0.3) is 0 Å². The Balaban J connectivity index is 1.51. The Kier molecular flexibility index (Phi) is 8.92. The van der Waals surface area contributed by atoms with E-state index < -0.39 is 24.4 Å². The van der Waals surface area contributed by atoms with Gasteiger partial charge in [-0.3, -0.25) is 9.59 Å². The van der Waals surface area contributed by atoms with Crippen molar-refractivity contribution in [1.29, 1.82) is 0 Å². The van der Waals surface area contributed by atoms with Crippen LogP contribution in [0.3, 0.4) is 0 Å². The molecule has 2 aromatic rings. The molecule has 0 bridgehead atoms. The van der Waals surface area contributed by atoms with E-state index in [1.54, 1.807) is 0 Å². The molecule has 4 rings (SSSR count). The molecule has 0 radical (unpaired) electrons. The summed E-state index contributed by atoms with van der Waals surface area (Å²) >= 11 is 0. The lowest BCUT2D eigenvalue weighted by Gasteiger charge is -2.32. The zero-order chi connectivity index (χ0) is 28.4. The number of nitrogens with one attached hydrogen (secondary N) is 2. The van der Waals surface area contributed by atoms with Crippen LogP contribution in [0.25, 0.3) is 0 Å². The fourth-order valence-electron chi connectivity index (χ4n) is 5.54. The van der Waals surface area contributed by atoms with Crippen molar-refractivity contribution in [2.24, 2.45) is 11.8 Å². The van der Waals surface area contributed by atoms with Crippen molar-refractivity contribution in [3.63, 3.8) is 0 Å². The number of aryl methyl sites for hydroxylation is 2. The van der Waals surface area contributed by atoms with Crippen molar-refractivity contribution >= 4 is 18.9 Å². The molecule has 0 aromatic heterocycles. The molecule has 1 fully saturated rings. The highest BCUT2D eigenvalue weighted by Gasteiger charge is 2.54. The first-order chi connectivity index (χ1) is 18.3. The Morgan fingerprint density at radius 1 is 0.974 bits per heavy atom. The maximum atomic E-state index is 13.8. The number of hydrogen-bond acceptors (Lipinski definition) is 4. The average Bonchev–Trinajstić information content (AvgIpc) is 3.09. The molecule has 0 spiro atoms. The molecular weight excluding hydrogens is 487 g/mol. The summed E-state index contributed by atoms with van der Waals surface area (Å²) in [5, 5.41) is 6.34. The van der Waals surface area contributed by atoms with Crippen molar-refractivity contribution in [2.75, 3.05) is 0 Å². The summed E-state index contributed by atoms with van der Waals surface area (Å²) < 4.78 is 12.6. The van der Waals surface area contributed by atoms with E-state index in [1.165, 1.54) is 16.7 Å². The summed E-state index contributed by atoms with van der Waals surface area (Å²) in [7, 11) is -0.562. The largest absolute Gasteiger partial charge is 0.481 e. The van der Waals surface area contributed by atoms with Crippen LogP contribution in [0.1, 0.15) is 76.6 Å². The summed E-state index contributed by atoms with van der Waals surface area (Å²) in [6.07, 6.45) is 3.48. The van der Waals surface area contributed by atoms with Gasteiger partial charge < -0.3 is 19.9 Å². The van der Waals surface area contributed by atoms with Crippen LogP contribution in [0.4, 0.5) is 0 Å². The van der Waals surface area contributed by atoms with Crippen LogP contribution in [0.2, 0.25) is 0 Å². The van der Waals surface area contributed by atoms with E-state index in [2.05, 4.69) is 49.6 Å². The van der Waals surface area contributed by atoms with Crippen LogP contribution < -0.4 is 10.6 Å². The van der Waals surface area contributed by atoms with Crippen LogP contribution in [0.5, 0.6) is 0 Å². The van der Waals surface area contributed by atoms with E-state index in [4.69, 9.17) is 9.31 Å². The molecule has 1 heterocycles. The van der Waals surface area contributed by atoms with Gasteiger partial charge in [0.05, 0.1) is 17.1 Å².